The predicted octanol–water partition coefficient (Wildman–Crippen LogP) is 4.60. The summed E-state index contributed by atoms with van der Waals surface area (Å²) in [6.07, 6.45) is -1.23. The number of anilines is 1. The molecule has 10 nitrogen and oxygen atoms in total. The summed E-state index contributed by atoms with van der Waals surface area (Å²) in [7, 11) is 1.19. The Kier molecular flexibility index (Phi) is 6.91. The SMILES string of the molecule is COC(=O)CN1C(=O)N(c2ccc(Cl)c(Cl)c2)[C@@H](n2oc(=O)n(-c3ccc(Cl)c(Cl)c3)c2=O)C1(C)C. The molecule has 0 bridgehead atoms. The van der Waals surface area contributed by atoms with Gasteiger partial charge in [0.05, 0.1) is 38.4 Å². The van der Waals surface area contributed by atoms with Crippen LogP contribution in [0, 0.1) is 0 Å². The topological polar surface area (TPSA) is 107 Å². The molecule has 0 aliphatic carbocycles. The molecule has 14 heteroatoms. The molecular weight excluding hydrogens is 558 g/mol. The lowest BCUT2D eigenvalue weighted by molar-refractivity contribution is -0.142. The second-order valence-corrected chi connectivity index (χ2v) is 9.97. The van der Waals surface area contributed by atoms with Gasteiger partial charge in [-0.1, -0.05) is 46.4 Å². The fourth-order valence-corrected chi connectivity index (χ4v) is 4.60. The first kappa shape index (κ1) is 26.2. The first-order valence-corrected chi connectivity index (χ1v) is 11.8. The molecule has 2 heterocycles. The van der Waals surface area contributed by atoms with Gasteiger partial charge in [-0.2, -0.15) is 4.57 Å². The van der Waals surface area contributed by atoms with Crippen molar-refractivity contribution in [2.45, 2.75) is 25.6 Å². The molecule has 3 aromatic rings. The van der Waals surface area contributed by atoms with Crippen molar-refractivity contribution in [3.63, 3.8) is 0 Å². The van der Waals surface area contributed by atoms with Crippen molar-refractivity contribution in [1.82, 2.24) is 14.2 Å². The third-order valence-corrected chi connectivity index (χ3v) is 7.31. The van der Waals surface area contributed by atoms with Gasteiger partial charge in [0.2, 0.25) is 0 Å². The number of amides is 2. The van der Waals surface area contributed by atoms with Gasteiger partial charge in [-0.05, 0) is 50.2 Å². The van der Waals surface area contributed by atoms with Gasteiger partial charge in [0.1, 0.15) is 6.54 Å². The lowest BCUT2D eigenvalue weighted by atomic mass is 10.0. The van der Waals surface area contributed by atoms with E-state index in [1.54, 1.807) is 13.8 Å². The first-order chi connectivity index (χ1) is 16.9. The molecule has 1 atom stereocenters. The number of hydrogen-bond donors (Lipinski definition) is 0. The van der Waals surface area contributed by atoms with Gasteiger partial charge < -0.3 is 14.2 Å². The second-order valence-electron chi connectivity index (χ2n) is 8.34. The zero-order chi connectivity index (χ0) is 26.5. The Balaban J connectivity index is 1.93. The van der Waals surface area contributed by atoms with E-state index >= 15 is 0 Å². The quantitative estimate of drug-likeness (QED) is 0.412. The summed E-state index contributed by atoms with van der Waals surface area (Å²) >= 11 is 24.3. The van der Waals surface area contributed by atoms with Crippen LogP contribution in [0.1, 0.15) is 20.0 Å². The number of hydrogen-bond acceptors (Lipinski definition) is 6. The molecule has 0 saturated carbocycles. The van der Waals surface area contributed by atoms with Crippen molar-refractivity contribution in [1.29, 1.82) is 0 Å². The summed E-state index contributed by atoms with van der Waals surface area (Å²) in [4.78, 5) is 54.4. The molecule has 1 fully saturated rings. The van der Waals surface area contributed by atoms with Crippen LogP contribution in [0.2, 0.25) is 20.1 Å². The fourth-order valence-electron chi connectivity index (χ4n) is 4.02. The van der Waals surface area contributed by atoms with Gasteiger partial charge in [0.15, 0.2) is 6.17 Å². The Morgan fingerprint density at radius 1 is 0.944 bits per heavy atom. The number of aromatic nitrogens is 2. The van der Waals surface area contributed by atoms with Crippen LogP contribution in [0.4, 0.5) is 10.5 Å². The lowest BCUT2D eigenvalue weighted by Crippen LogP contribution is -2.48. The Hall–Kier alpha value is -2.92. The maximum atomic E-state index is 13.6. The minimum absolute atomic E-state index is 0.108. The number of carbonyl (C=O) groups excluding carboxylic acids is 2. The summed E-state index contributed by atoms with van der Waals surface area (Å²) in [5.41, 5.74) is -1.80. The molecular formula is C22H18Cl4N4O6. The molecule has 2 amide bonds. The number of benzene rings is 2. The minimum atomic E-state index is -1.26. The van der Waals surface area contributed by atoms with E-state index in [4.69, 9.17) is 55.7 Å². The van der Waals surface area contributed by atoms with E-state index in [0.29, 0.717) is 0 Å². The zero-order valence-corrected chi connectivity index (χ0v) is 22.0. The van der Waals surface area contributed by atoms with E-state index in [-0.39, 0.29) is 31.5 Å². The smallest absolute Gasteiger partial charge is 0.447 e. The third kappa shape index (κ3) is 4.28. The molecule has 0 N–H and O–H groups in total. The van der Waals surface area contributed by atoms with Crippen LogP contribution < -0.4 is 16.3 Å². The second kappa shape index (κ2) is 9.51. The maximum absolute atomic E-state index is 13.6. The fraction of sp³-hybridized carbons (Fsp3) is 0.273. The number of halogens is 4. The van der Waals surface area contributed by atoms with E-state index < -0.39 is 41.7 Å². The van der Waals surface area contributed by atoms with Crippen molar-refractivity contribution in [3.8, 4) is 5.69 Å². The average Bonchev–Trinajstić information content (AvgIpc) is 3.21. The highest BCUT2D eigenvalue weighted by Gasteiger charge is 2.56. The van der Waals surface area contributed by atoms with Crippen LogP contribution in [0.15, 0.2) is 50.5 Å². The Bertz CT molecular complexity index is 1490. The van der Waals surface area contributed by atoms with Crippen LogP contribution >= 0.6 is 46.4 Å². The van der Waals surface area contributed by atoms with Gasteiger partial charge in [-0.25, -0.2) is 14.4 Å². The zero-order valence-electron chi connectivity index (χ0n) is 19.0. The van der Waals surface area contributed by atoms with E-state index in [9.17, 15) is 19.2 Å². The number of esters is 1. The highest BCUT2D eigenvalue weighted by molar-refractivity contribution is 6.42. The van der Waals surface area contributed by atoms with Crippen molar-refractivity contribution in [2.75, 3.05) is 18.6 Å². The Labute approximate surface area is 224 Å². The van der Waals surface area contributed by atoms with E-state index in [2.05, 4.69) is 0 Å². The molecule has 1 saturated heterocycles. The van der Waals surface area contributed by atoms with Gasteiger partial charge in [0.25, 0.3) is 0 Å². The van der Waals surface area contributed by atoms with Gasteiger partial charge in [-0.3, -0.25) is 9.69 Å². The van der Waals surface area contributed by atoms with Crippen molar-refractivity contribution in [2.24, 2.45) is 0 Å². The van der Waals surface area contributed by atoms with E-state index in [0.717, 1.165) is 9.31 Å². The average molecular weight is 576 g/mol. The van der Waals surface area contributed by atoms with Gasteiger partial charge in [0, 0.05) is 5.69 Å². The summed E-state index contributed by atoms with van der Waals surface area (Å²) in [6, 6.07) is 7.91. The number of urea groups is 1. The molecule has 1 aliphatic rings. The standard InChI is InChI=1S/C22H18Cl4N4O6/c1-22(2)18(30-20(33)29(21(34)36-30)12-5-7-14(24)16(26)9-12)28(11-4-6-13(23)15(25)8-11)19(32)27(22)10-17(31)35-3/h4-9,18H,10H2,1-3H3/t18-/m0/s1. The van der Waals surface area contributed by atoms with Crippen LogP contribution in [0.5, 0.6) is 0 Å². The number of carbonyl (C=O) groups is 2. The highest BCUT2D eigenvalue weighted by Crippen LogP contribution is 2.43. The molecule has 0 radical (unpaired) electrons. The molecule has 1 aliphatic heterocycles. The van der Waals surface area contributed by atoms with Crippen molar-refractivity contribution >= 4 is 64.1 Å². The minimum Gasteiger partial charge on any atom is -0.468 e. The first-order valence-electron chi connectivity index (χ1n) is 10.3. The van der Waals surface area contributed by atoms with Crippen molar-refractivity contribution in [3.05, 3.63) is 77.5 Å². The Morgan fingerprint density at radius 2 is 1.50 bits per heavy atom. The van der Waals surface area contributed by atoms with Gasteiger partial charge in [-0.15, -0.1) is 4.74 Å². The summed E-state index contributed by atoms with van der Waals surface area (Å²) in [5, 5.41) is 0.728. The van der Waals surface area contributed by atoms with E-state index in [1.807, 2.05) is 0 Å². The monoisotopic (exact) mass is 574 g/mol. The molecule has 2 aromatic carbocycles. The third-order valence-electron chi connectivity index (χ3n) is 5.83. The number of nitrogens with zero attached hydrogens (tertiary/aromatic N) is 4. The van der Waals surface area contributed by atoms with Crippen LogP contribution in [-0.4, -0.2) is 45.4 Å². The summed E-state index contributed by atoms with van der Waals surface area (Å²) in [6.45, 7) is 2.79. The van der Waals surface area contributed by atoms with Crippen LogP contribution in [0.3, 0.4) is 0 Å². The number of methoxy groups -OCH3 is 1. The molecule has 36 heavy (non-hydrogen) atoms. The molecule has 1 aromatic heterocycles. The molecule has 4 rings (SSSR count). The number of rotatable bonds is 5. The van der Waals surface area contributed by atoms with Crippen LogP contribution in [0.25, 0.3) is 5.69 Å². The number of ether oxygens (including phenoxy) is 1. The highest BCUT2D eigenvalue weighted by atomic mass is 35.5. The molecule has 0 unspecified atom stereocenters. The van der Waals surface area contributed by atoms with E-state index in [1.165, 1.54) is 53.3 Å². The largest absolute Gasteiger partial charge is 0.468 e. The summed E-state index contributed by atoms with van der Waals surface area (Å²) in [5.74, 6) is -1.71. The molecule has 0 spiro atoms. The van der Waals surface area contributed by atoms with Crippen LogP contribution in [-0.2, 0) is 9.53 Å². The molecule has 190 valence electrons. The Morgan fingerprint density at radius 3 is 2.06 bits per heavy atom. The predicted molar refractivity (Wildman–Crippen MR) is 135 cm³/mol. The van der Waals surface area contributed by atoms with Gasteiger partial charge >= 0.3 is 23.4 Å². The summed E-state index contributed by atoms with van der Waals surface area (Å²) < 4.78 is 11.6. The lowest BCUT2D eigenvalue weighted by Gasteiger charge is -2.33. The normalized spacial score (nSPS) is 17.1. The maximum Gasteiger partial charge on any atom is 0.447 e. The van der Waals surface area contributed by atoms with Crippen molar-refractivity contribution < 1.29 is 18.8 Å².